The number of aromatic nitrogens is 1. The second-order valence-corrected chi connectivity index (χ2v) is 6.57. The van der Waals surface area contributed by atoms with Crippen molar-refractivity contribution in [2.24, 2.45) is 0 Å². The number of hydrogen-bond donors (Lipinski definition) is 3. The quantitative estimate of drug-likeness (QED) is 0.723. The zero-order chi connectivity index (χ0) is 14.8. The van der Waals surface area contributed by atoms with E-state index in [2.05, 4.69) is 9.71 Å². The number of nitrogens with one attached hydrogen (secondary N) is 1. The number of pyridine rings is 1. The minimum atomic E-state index is -3.87. The number of aliphatic hydroxyl groups excluding tert-OH is 1. The maximum atomic E-state index is 12.2. The van der Waals surface area contributed by atoms with E-state index in [9.17, 15) is 18.3 Å². The molecule has 1 aromatic heterocycles. The Morgan fingerprint density at radius 3 is 2.45 bits per heavy atom. The molecule has 2 rings (SSSR count). The molecule has 0 bridgehead atoms. The van der Waals surface area contributed by atoms with Crippen LogP contribution in [0.1, 0.15) is 36.0 Å². The van der Waals surface area contributed by atoms with Gasteiger partial charge in [-0.25, -0.2) is 22.9 Å². The number of aromatic carboxylic acids is 1. The predicted molar refractivity (Wildman–Crippen MR) is 69.8 cm³/mol. The van der Waals surface area contributed by atoms with E-state index in [4.69, 9.17) is 5.11 Å². The molecule has 0 aromatic carbocycles. The third kappa shape index (κ3) is 2.97. The number of carbonyl (C=O) groups is 1. The molecule has 1 saturated carbocycles. The number of nitrogens with zero attached hydrogens (tertiary/aromatic N) is 1. The molecule has 0 aliphatic heterocycles. The van der Waals surface area contributed by atoms with Crippen LogP contribution in [0, 0.1) is 0 Å². The zero-order valence-electron chi connectivity index (χ0n) is 10.7. The highest BCUT2D eigenvalue weighted by Gasteiger charge is 2.37. The summed E-state index contributed by atoms with van der Waals surface area (Å²) in [5.41, 5.74) is -0.909. The van der Waals surface area contributed by atoms with Crippen LogP contribution in [0.25, 0.3) is 0 Å². The molecule has 1 aliphatic rings. The highest BCUT2D eigenvalue weighted by Crippen LogP contribution is 2.30. The van der Waals surface area contributed by atoms with Crippen molar-refractivity contribution in [2.75, 3.05) is 6.61 Å². The van der Waals surface area contributed by atoms with E-state index in [1.165, 1.54) is 6.07 Å². The fraction of sp³-hybridized carbons (Fsp3) is 0.500. The molecule has 1 aromatic rings. The summed E-state index contributed by atoms with van der Waals surface area (Å²) >= 11 is 0. The van der Waals surface area contributed by atoms with E-state index in [-0.39, 0.29) is 17.2 Å². The number of carboxylic acids is 1. The van der Waals surface area contributed by atoms with Gasteiger partial charge in [0.1, 0.15) is 0 Å². The summed E-state index contributed by atoms with van der Waals surface area (Å²) in [7, 11) is -3.87. The van der Waals surface area contributed by atoms with Crippen LogP contribution < -0.4 is 4.72 Å². The van der Waals surface area contributed by atoms with Crippen LogP contribution in [0.2, 0.25) is 0 Å². The molecule has 110 valence electrons. The van der Waals surface area contributed by atoms with Gasteiger partial charge in [0, 0.05) is 6.20 Å². The molecule has 20 heavy (non-hydrogen) atoms. The summed E-state index contributed by atoms with van der Waals surface area (Å²) in [6, 6.07) is 2.33. The third-order valence-corrected chi connectivity index (χ3v) is 4.97. The standard InChI is InChI=1S/C12H16N2O5S/c15-8-12(5-1-2-6-12)14-20(18,19)10-4-3-9(7-13-10)11(16)17/h3-4,7,14-15H,1-2,5-6,8H2,(H,16,17). The van der Waals surface area contributed by atoms with E-state index in [1.807, 2.05) is 0 Å². The summed E-state index contributed by atoms with van der Waals surface area (Å²) in [5, 5.41) is 17.9. The van der Waals surface area contributed by atoms with Crippen molar-refractivity contribution in [3.63, 3.8) is 0 Å². The fourth-order valence-electron chi connectivity index (χ4n) is 2.35. The van der Waals surface area contributed by atoms with Crippen molar-refractivity contribution >= 4 is 16.0 Å². The van der Waals surface area contributed by atoms with Gasteiger partial charge in [-0.05, 0) is 25.0 Å². The van der Waals surface area contributed by atoms with Crippen LogP contribution in [0.3, 0.4) is 0 Å². The summed E-state index contributed by atoms with van der Waals surface area (Å²) in [6.45, 7) is -0.264. The molecule has 0 radical (unpaired) electrons. The lowest BCUT2D eigenvalue weighted by Crippen LogP contribution is -2.49. The Morgan fingerprint density at radius 2 is 2.00 bits per heavy atom. The first-order valence-electron chi connectivity index (χ1n) is 6.23. The van der Waals surface area contributed by atoms with Crippen molar-refractivity contribution in [1.82, 2.24) is 9.71 Å². The van der Waals surface area contributed by atoms with Crippen LogP contribution in [0.5, 0.6) is 0 Å². The van der Waals surface area contributed by atoms with Gasteiger partial charge in [-0.2, -0.15) is 0 Å². The largest absolute Gasteiger partial charge is 0.478 e. The number of hydrogen-bond acceptors (Lipinski definition) is 5. The average Bonchev–Trinajstić information content (AvgIpc) is 2.87. The number of carboxylic acid groups (broad SMARTS) is 1. The van der Waals surface area contributed by atoms with Crippen LogP contribution in [0.4, 0.5) is 0 Å². The topological polar surface area (TPSA) is 117 Å². The van der Waals surface area contributed by atoms with Crippen molar-refractivity contribution in [2.45, 2.75) is 36.2 Å². The first-order chi connectivity index (χ1) is 9.38. The highest BCUT2D eigenvalue weighted by molar-refractivity contribution is 7.89. The van der Waals surface area contributed by atoms with Gasteiger partial charge in [0.15, 0.2) is 5.03 Å². The lowest BCUT2D eigenvalue weighted by atomic mass is 10.0. The molecular formula is C12H16N2O5S. The van der Waals surface area contributed by atoms with Crippen LogP contribution in [-0.4, -0.2) is 41.7 Å². The van der Waals surface area contributed by atoms with Gasteiger partial charge in [0.2, 0.25) is 0 Å². The first kappa shape index (κ1) is 14.9. The minimum absolute atomic E-state index is 0.0818. The number of sulfonamides is 1. The Balaban J connectivity index is 2.23. The second kappa shape index (κ2) is 5.47. The van der Waals surface area contributed by atoms with Crippen LogP contribution in [-0.2, 0) is 10.0 Å². The van der Waals surface area contributed by atoms with E-state index in [0.717, 1.165) is 25.1 Å². The molecule has 1 aliphatic carbocycles. The Kier molecular flexibility index (Phi) is 4.07. The molecule has 8 heteroatoms. The highest BCUT2D eigenvalue weighted by atomic mass is 32.2. The molecule has 1 heterocycles. The SMILES string of the molecule is O=C(O)c1ccc(S(=O)(=O)NC2(CO)CCCC2)nc1. The monoisotopic (exact) mass is 300 g/mol. The molecule has 0 spiro atoms. The van der Waals surface area contributed by atoms with Gasteiger partial charge in [-0.1, -0.05) is 12.8 Å². The van der Waals surface area contributed by atoms with Crippen LogP contribution >= 0.6 is 0 Å². The van der Waals surface area contributed by atoms with Crippen molar-refractivity contribution in [3.8, 4) is 0 Å². The van der Waals surface area contributed by atoms with E-state index in [0.29, 0.717) is 12.8 Å². The summed E-state index contributed by atoms with van der Waals surface area (Å²) in [4.78, 5) is 14.4. The third-order valence-electron chi connectivity index (χ3n) is 3.47. The van der Waals surface area contributed by atoms with E-state index in [1.54, 1.807) is 0 Å². The lowest BCUT2D eigenvalue weighted by Gasteiger charge is -2.27. The summed E-state index contributed by atoms with van der Waals surface area (Å²) in [6.07, 6.45) is 3.87. The normalized spacial score (nSPS) is 18.1. The first-order valence-corrected chi connectivity index (χ1v) is 7.71. The molecule has 0 atom stereocenters. The Hall–Kier alpha value is -1.51. The van der Waals surface area contributed by atoms with Gasteiger partial charge < -0.3 is 10.2 Å². The Morgan fingerprint density at radius 1 is 1.35 bits per heavy atom. The van der Waals surface area contributed by atoms with Crippen molar-refractivity contribution in [3.05, 3.63) is 23.9 Å². The maximum Gasteiger partial charge on any atom is 0.337 e. The van der Waals surface area contributed by atoms with Gasteiger partial charge in [0.25, 0.3) is 10.0 Å². The lowest BCUT2D eigenvalue weighted by molar-refractivity contribution is 0.0696. The zero-order valence-corrected chi connectivity index (χ0v) is 11.6. The van der Waals surface area contributed by atoms with Crippen molar-refractivity contribution in [1.29, 1.82) is 0 Å². The molecule has 1 fully saturated rings. The maximum absolute atomic E-state index is 12.2. The average molecular weight is 300 g/mol. The molecular weight excluding hydrogens is 284 g/mol. The number of rotatable bonds is 5. The molecule has 0 unspecified atom stereocenters. The fourth-order valence-corrected chi connectivity index (χ4v) is 3.73. The van der Waals surface area contributed by atoms with Crippen molar-refractivity contribution < 1.29 is 23.4 Å². The molecule has 0 amide bonds. The summed E-state index contributed by atoms with van der Waals surface area (Å²) in [5.74, 6) is -1.17. The smallest absolute Gasteiger partial charge is 0.337 e. The van der Waals surface area contributed by atoms with E-state index >= 15 is 0 Å². The van der Waals surface area contributed by atoms with Crippen LogP contribution in [0.15, 0.2) is 23.4 Å². The van der Waals surface area contributed by atoms with Gasteiger partial charge in [-0.15, -0.1) is 0 Å². The predicted octanol–water partition coefficient (Wildman–Crippen LogP) is 0.363. The van der Waals surface area contributed by atoms with Gasteiger partial charge in [0.05, 0.1) is 17.7 Å². The van der Waals surface area contributed by atoms with E-state index < -0.39 is 21.5 Å². The molecule has 0 saturated heterocycles. The van der Waals surface area contributed by atoms with Gasteiger partial charge in [-0.3, -0.25) is 0 Å². The minimum Gasteiger partial charge on any atom is -0.478 e. The number of aliphatic hydroxyl groups is 1. The second-order valence-electron chi connectivity index (χ2n) is 4.94. The molecule has 3 N–H and O–H groups in total. The van der Waals surface area contributed by atoms with Gasteiger partial charge >= 0.3 is 5.97 Å². The Bertz CT molecular complexity index is 591. The summed E-state index contributed by atoms with van der Waals surface area (Å²) < 4.78 is 26.9. The Labute approximate surface area is 116 Å². The molecule has 7 nitrogen and oxygen atoms in total.